The summed E-state index contributed by atoms with van der Waals surface area (Å²) in [6, 6.07) is 7.85. The fourth-order valence-electron chi connectivity index (χ4n) is 5.10. The van der Waals surface area contributed by atoms with Crippen LogP contribution in [-0.2, 0) is 14.2 Å². The Morgan fingerprint density at radius 2 is 1.48 bits per heavy atom. The predicted molar refractivity (Wildman–Crippen MR) is 148 cm³/mol. The Morgan fingerprint density at radius 1 is 0.818 bits per heavy atom. The van der Waals surface area contributed by atoms with Crippen molar-refractivity contribution < 1.29 is 68.6 Å². The summed E-state index contributed by atoms with van der Waals surface area (Å²) in [5.74, 6) is -0.576. The van der Waals surface area contributed by atoms with E-state index in [0.29, 0.717) is 11.3 Å². The molecule has 0 radical (unpaired) electrons. The molecule has 2 fully saturated rings. The van der Waals surface area contributed by atoms with E-state index in [2.05, 4.69) is 0 Å². The van der Waals surface area contributed by atoms with Crippen LogP contribution in [0.4, 0.5) is 0 Å². The van der Waals surface area contributed by atoms with Gasteiger partial charge in [-0.3, -0.25) is 4.79 Å². The monoisotopic (exact) mass is 622 g/mol. The molecule has 240 valence electrons. The highest BCUT2D eigenvalue weighted by Crippen LogP contribution is 2.43. The molecule has 3 aromatic rings. The molecule has 0 spiro atoms. The molecule has 5 rings (SSSR count). The van der Waals surface area contributed by atoms with Gasteiger partial charge in [-0.1, -0.05) is 12.1 Å². The smallest absolute Gasteiger partial charge is 0.229 e. The summed E-state index contributed by atoms with van der Waals surface area (Å²) in [6.45, 7) is 0.950. The molecule has 3 heterocycles. The van der Waals surface area contributed by atoms with Gasteiger partial charge < -0.3 is 68.6 Å². The Kier molecular flexibility index (Phi) is 9.31. The lowest BCUT2D eigenvalue weighted by Gasteiger charge is -2.42. The fourth-order valence-corrected chi connectivity index (χ4v) is 5.10. The van der Waals surface area contributed by atoms with Crippen LogP contribution >= 0.6 is 0 Å². The highest BCUT2D eigenvalue weighted by atomic mass is 16.7. The van der Waals surface area contributed by atoms with Crippen LogP contribution in [0.2, 0.25) is 0 Å². The second kappa shape index (κ2) is 12.8. The maximum atomic E-state index is 13.4. The maximum Gasteiger partial charge on any atom is 0.229 e. The molecular formula is C29H34O15. The first-order chi connectivity index (χ1) is 21.0. The number of ether oxygens (including phenoxy) is 6. The van der Waals surface area contributed by atoms with Crippen molar-refractivity contribution in [1.29, 1.82) is 0 Å². The van der Waals surface area contributed by atoms with E-state index < -0.39 is 79.2 Å². The third kappa shape index (κ3) is 5.81. The topological polar surface area (TPSA) is 227 Å². The highest BCUT2D eigenvalue weighted by molar-refractivity contribution is 5.91. The van der Waals surface area contributed by atoms with Crippen LogP contribution in [0.1, 0.15) is 6.92 Å². The molecule has 0 bridgehead atoms. The molecule has 0 amide bonds. The van der Waals surface area contributed by atoms with Crippen LogP contribution in [-0.4, -0.2) is 118 Å². The molecule has 1 aromatic heterocycles. The molecule has 44 heavy (non-hydrogen) atoms. The first kappa shape index (κ1) is 31.9. The summed E-state index contributed by atoms with van der Waals surface area (Å²) < 4.78 is 38.4. The number of hydrogen-bond donors (Lipinski definition) is 7. The van der Waals surface area contributed by atoms with Crippen LogP contribution in [0.15, 0.2) is 45.8 Å². The van der Waals surface area contributed by atoms with Crippen molar-refractivity contribution >= 4 is 11.0 Å². The number of methoxy groups -OCH3 is 2. The van der Waals surface area contributed by atoms with Gasteiger partial charge in [0, 0.05) is 6.07 Å². The van der Waals surface area contributed by atoms with E-state index in [-0.39, 0.29) is 28.0 Å². The lowest BCUT2D eigenvalue weighted by atomic mass is 9.98. The Balaban J connectivity index is 1.39. The number of phenolic OH excluding ortho intramolecular Hbond substituents is 1. The van der Waals surface area contributed by atoms with Gasteiger partial charge in [-0.25, -0.2) is 0 Å². The molecule has 0 unspecified atom stereocenters. The summed E-state index contributed by atoms with van der Waals surface area (Å²) in [5, 5.41) is 72.6. The largest absolute Gasteiger partial charge is 0.504 e. The third-order valence-electron chi connectivity index (χ3n) is 7.71. The number of rotatable bonds is 8. The van der Waals surface area contributed by atoms with Crippen molar-refractivity contribution in [3.05, 3.63) is 46.8 Å². The average Bonchev–Trinajstić information content (AvgIpc) is 3.02. The first-order valence-corrected chi connectivity index (χ1v) is 13.6. The number of phenols is 1. The van der Waals surface area contributed by atoms with Gasteiger partial charge >= 0.3 is 0 Å². The lowest BCUT2D eigenvalue weighted by molar-refractivity contribution is -0.318. The number of fused-ring (bicyclic) bond motifs is 1. The lowest BCUT2D eigenvalue weighted by Crippen LogP contribution is -2.61. The SMILES string of the molecule is COc1ccc(-c2coc3cc(O[C@@H]4O[C@H](CO[C@@H]5O[C@@H](C)[C@@H](O)[C@@H](O)[C@H]5O)[C@@H](O)[C@H](O)[C@H]4O)c(OC)c(O)c3c2=O)cc1. The van der Waals surface area contributed by atoms with Gasteiger partial charge in [-0.2, -0.15) is 0 Å². The minimum atomic E-state index is -1.80. The molecule has 0 saturated carbocycles. The minimum Gasteiger partial charge on any atom is -0.504 e. The second-order valence-electron chi connectivity index (χ2n) is 10.5. The standard InChI is InChI=1S/C29H34O15/c1-11-19(30)23(34)25(36)28(42-11)41-10-17-21(32)24(35)26(37)29(44-17)43-16-8-15-18(22(33)27(16)39-3)20(31)14(9-40-15)12-4-6-13(38-2)7-5-12/h4-9,11,17,19,21,23-26,28-30,32-37H,10H2,1-3H3/t11-,17+,19+,21+,23+,24-,25+,26+,28+,29+/m0/s1. The molecule has 2 aromatic carbocycles. The molecule has 15 heteroatoms. The van der Waals surface area contributed by atoms with E-state index >= 15 is 0 Å². The van der Waals surface area contributed by atoms with E-state index in [1.165, 1.54) is 33.5 Å². The quantitative estimate of drug-likeness (QED) is 0.163. The number of aliphatic hydroxyl groups excluding tert-OH is 6. The Bertz CT molecular complexity index is 1510. The number of aromatic hydroxyl groups is 1. The van der Waals surface area contributed by atoms with Gasteiger partial charge in [-0.05, 0) is 24.6 Å². The van der Waals surface area contributed by atoms with Crippen LogP contribution in [0.5, 0.6) is 23.0 Å². The zero-order chi connectivity index (χ0) is 31.9. The van der Waals surface area contributed by atoms with Crippen LogP contribution in [0.25, 0.3) is 22.1 Å². The molecule has 7 N–H and O–H groups in total. The van der Waals surface area contributed by atoms with E-state index in [1.54, 1.807) is 24.3 Å². The van der Waals surface area contributed by atoms with E-state index in [0.717, 1.165) is 0 Å². The van der Waals surface area contributed by atoms with Gasteiger partial charge in [0.1, 0.15) is 65.7 Å². The molecule has 2 aliphatic rings. The zero-order valence-electron chi connectivity index (χ0n) is 23.8. The molecular weight excluding hydrogens is 588 g/mol. The molecule has 10 atom stereocenters. The van der Waals surface area contributed by atoms with E-state index in [1.807, 2.05) is 0 Å². The summed E-state index contributed by atoms with van der Waals surface area (Å²) >= 11 is 0. The molecule has 15 nitrogen and oxygen atoms in total. The van der Waals surface area contributed by atoms with Gasteiger partial charge in [0.05, 0.1) is 32.5 Å². The number of hydrogen-bond acceptors (Lipinski definition) is 15. The van der Waals surface area contributed by atoms with Crippen molar-refractivity contribution in [3.8, 4) is 34.1 Å². The second-order valence-corrected chi connectivity index (χ2v) is 10.5. The van der Waals surface area contributed by atoms with Gasteiger partial charge in [0.15, 0.2) is 17.8 Å². The van der Waals surface area contributed by atoms with Crippen molar-refractivity contribution in [3.63, 3.8) is 0 Å². The maximum absolute atomic E-state index is 13.4. The van der Waals surface area contributed by atoms with Crippen molar-refractivity contribution in [2.75, 3.05) is 20.8 Å². The van der Waals surface area contributed by atoms with Gasteiger partial charge in [0.2, 0.25) is 17.5 Å². The Hall–Kier alpha value is -3.51. The summed E-state index contributed by atoms with van der Waals surface area (Å²) in [7, 11) is 2.71. The molecule has 0 aliphatic carbocycles. The Morgan fingerprint density at radius 3 is 2.14 bits per heavy atom. The summed E-state index contributed by atoms with van der Waals surface area (Å²) in [4.78, 5) is 13.4. The van der Waals surface area contributed by atoms with Crippen molar-refractivity contribution in [1.82, 2.24) is 0 Å². The average molecular weight is 623 g/mol. The van der Waals surface area contributed by atoms with E-state index in [4.69, 9.17) is 32.8 Å². The highest BCUT2D eigenvalue weighted by Gasteiger charge is 2.47. The van der Waals surface area contributed by atoms with Crippen LogP contribution in [0, 0.1) is 0 Å². The minimum absolute atomic E-state index is 0.0929. The first-order valence-electron chi connectivity index (χ1n) is 13.6. The summed E-state index contributed by atoms with van der Waals surface area (Å²) in [5.41, 5.74) is -0.00112. The van der Waals surface area contributed by atoms with Gasteiger partial charge in [-0.15, -0.1) is 0 Å². The zero-order valence-corrected chi connectivity index (χ0v) is 23.8. The van der Waals surface area contributed by atoms with Crippen molar-refractivity contribution in [2.24, 2.45) is 0 Å². The van der Waals surface area contributed by atoms with Crippen LogP contribution < -0.4 is 19.6 Å². The number of aliphatic hydroxyl groups is 6. The van der Waals surface area contributed by atoms with Gasteiger partial charge in [0.25, 0.3) is 0 Å². The summed E-state index contributed by atoms with van der Waals surface area (Å²) in [6.07, 6.45) is -13.9. The normalized spacial score (nSPS) is 32.4. The van der Waals surface area contributed by atoms with Crippen molar-refractivity contribution in [2.45, 2.75) is 68.3 Å². The number of benzene rings is 2. The Labute approximate surface area is 249 Å². The molecule has 2 aliphatic heterocycles. The fraction of sp³-hybridized carbons (Fsp3) is 0.483. The van der Waals surface area contributed by atoms with Crippen LogP contribution in [0.3, 0.4) is 0 Å². The third-order valence-corrected chi connectivity index (χ3v) is 7.71. The predicted octanol–water partition coefficient (Wildman–Crippen LogP) is -0.787. The van der Waals surface area contributed by atoms with E-state index in [9.17, 15) is 40.5 Å². The molecule has 2 saturated heterocycles.